The van der Waals surface area contributed by atoms with Crippen molar-refractivity contribution < 1.29 is 5.11 Å². The number of hydrogen-bond acceptors (Lipinski definition) is 1. The van der Waals surface area contributed by atoms with E-state index in [2.05, 4.69) is 13.5 Å². The summed E-state index contributed by atoms with van der Waals surface area (Å²) in [4.78, 5) is 0. The van der Waals surface area contributed by atoms with Gasteiger partial charge in [0.1, 0.15) is 0 Å². The van der Waals surface area contributed by atoms with Crippen LogP contribution in [0, 0.1) is 5.92 Å². The molecule has 0 aliphatic heterocycles. The van der Waals surface area contributed by atoms with Crippen LogP contribution in [-0.4, -0.2) is 11.2 Å². The van der Waals surface area contributed by atoms with Crippen molar-refractivity contribution in [2.75, 3.05) is 0 Å². The maximum atomic E-state index is 9.14. The minimum Gasteiger partial charge on any atom is -0.389 e. The second-order valence-electron chi connectivity index (χ2n) is 2.49. The Bertz CT molecular complexity index is 78.6. The Labute approximate surface area is 57.4 Å². The Morgan fingerprint density at radius 3 is 2.56 bits per heavy atom. The zero-order chi connectivity index (χ0) is 7.28. The van der Waals surface area contributed by atoms with Crippen LogP contribution < -0.4 is 0 Å². The largest absolute Gasteiger partial charge is 0.389 e. The predicted molar refractivity (Wildman–Crippen MR) is 40.3 cm³/mol. The molecular formula is C8H16O. The summed E-state index contributed by atoms with van der Waals surface area (Å²) in [5.41, 5.74) is 0. The van der Waals surface area contributed by atoms with Gasteiger partial charge in [-0.05, 0) is 12.3 Å². The van der Waals surface area contributed by atoms with Gasteiger partial charge in [0.15, 0.2) is 0 Å². The highest BCUT2D eigenvalue weighted by Gasteiger charge is 2.07. The summed E-state index contributed by atoms with van der Waals surface area (Å²) in [6.45, 7) is 7.67. The molecular weight excluding hydrogens is 112 g/mol. The van der Waals surface area contributed by atoms with Crippen molar-refractivity contribution in [3.05, 3.63) is 12.7 Å². The van der Waals surface area contributed by atoms with Crippen molar-refractivity contribution in [1.82, 2.24) is 0 Å². The molecule has 0 aliphatic rings. The highest BCUT2D eigenvalue weighted by atomic mass is 16.3. The van der Waals surface area contributed by atoms with Crippen LogP contribution in [-0.2, 0) is 0 Å². The summed E-state index contributed by atoms with van der Waals surface area (Å²) in [5.74, 6) is 0.368. The van der Waals surface area contributed by atoms with Crippen LogP contribution in [0.2, 0.25) is 0 Å². The molecule has 1 heteroatoms. The van der Waals surface area contributed by atoms with Gasteiger partial charge >= 0.3 is 0 Å². The normalized spacial score (nSPS) is 16.8. The quantitative estimate of drug-likeness (QED) is 0.574. The Morgan fingerprint density at radius 2 is 2.22 bits per heavy atom. The van der Waals surface area contributed by atoms with Gasteiger partial charge in [0.25, 0.3) is 0 Å². The average Bonchev–Trinajstić information content (AvgIpc) is 1.87. The van der Waals surface area contributed by atoms with Gasteiger partial charge in [0.2, 0.25) is 0 Å². The van der Waals surface area contributed by atoms with Crippen LogP contribution in [0.25, 0.3) is 0 Å². The SMILES string of the molecule is C=CC(O)C(C)CCC. The second kappa shape index (κ2) is 4.57. The molecule has 0 radical (unpaired) electrons. The Morgan fingerprint density at radius 1 is 1.67 bits per heavy atom. The van der Waals surface area contributed by atoms with Crippen LogP contribution in [0.4, 0.5) is 0 Å². The highest BCUT2D eigenvalue weighted by Crippen LogP contribution is 2.10. The lowest BCUT2D eigenvalue weighted by Gasteiger charge is -2.12. The molecule has 54 valence electrons. The lowest BCUT2D eigenvalue weighted by molar-refractivity contribution is 0.156. The molecule has 0 saturated carbocycles. The zero-order valence-electron chi connectivity index (χ0n) is 6.30. The molecule has 1 nitrogen and oxygen atoms in total. The van der Waals surface area contributed by atoms with Gasteiger partial charge in [-0.1, -0.05) is 26.3 Å². The van der Waals surface area contributed by atoms with Crippen molar-refractivity contribution >= 4 is 0 Å². The minimum absolute atomic E-state index is 0.315. The molecule has 0 aromatic carbocycles. The standard InChI is InChI=1S/C8H16O/c1-4-6-7(3)8(9)5-2/h5,7-9H,2,4,6H2,1,3H3. The fourth-order valence-corrected chi connectivity index (χ4v) is 0.858. The van der Waals surface area contributed by atoms with E-state index in [0.717, 1.165) is 12.8 Å². The fourth-order valence-electron chi connectivity index (χ4n) is 0.858. The molecule has 0 rings (SSSR count). The molecule has 0 aromatic rings. The van der Waals surface area contributed by atoms with Gasteiger partial charge in [-0.3, -0.25) is 0 Å². The Kier molecular flexibility index (Phi) is 4.41. The smallest absolute Gasteiger partial charge is 0.0743 e. The van der Waals surface area contributed by atoms with Crippen molar-refractivity contribution in [1.29, 1.82) is 0 Å². The third-order valence-corrected chi connectivity index (χ3v) is 1.57. The summed E-state index contributed by atoms with van der Waals surface area (Å²) in [6, 6.07) is 0. The van der Waals surface area contributed by atoms with Gasteiger partial charge < -0.3 is 5.11 Å². The maximum absolute atomic E-state index is 9.14. The molecule has 0 amide bonds. The summed E-state index contributed by atoms with van der Waals surface area (Å²) < 4.78 is 0. The number of rotatable bonds is 4. The Balaban J connectivity index is 3.44. The molecule has 0 fully saturated rings. The fraction of sp³-hybridized carbons (Fsp3) is 0.750. The Hall–Kier alpha value is -0.300. The number of aliphatic hydroxyl groups is 1. The van der Waals surface area contributed by atoms with Gasteiger partial charge in [-0.15, -0.1) is 6.58 Å². The second-order valence-corrected chi connectivity index (χ2v) is 2.49. The molecule has 0 aliphatic carbocycles. The van der Waals surface area contributed by atoms with Crippen molar-refractivity contribution in [2.45, 2.75) is 32.8 Å². The lowest BCUT2D eigenvalue weighted by Crippen LogP contribution is -2.13. The van der Waals surface area contributed by atoms with Gasteiger partial charge in [0.05, 0.1) is 6.10 Å². The lowest BCUT2D eigenvalue weighted by atomic mass is 10.00. The molecule has 2 unspecified atom stereocenters. The summed E-state index contributed by atoms with van der Waals surface area (Å²) >= 11 is 0. The van der Waals surface area contributed by atoms with Crippen molar-refractivity contribution in [3.8, 4) is 0 Å². The van der Waals surface area contributed by atoms with Crippen LogP contribution in [0.1, 0.15) is 26.7 Å². The van der Waals surface area contributed by atoms with E-state index < -0.39 is 0 Å². The highest BCUT2D eigenvalue weighted by molar-refractivity contribution is 4.81. The van der Waals surface area contributed by atoms with E-state index in [1.807, 2.05) is 6.92 Å². The monoisotopic (exact) mass is 128 g/mol. The van der Waals surface area contributed by atoms with E-state index in [4.69, 9.17) is 5.11 Å². The third-order valence-electron chi connectivity index (χ3n) is 1.57. The van der Waals surface area contributed by atoms with E-state index in [0.29, 0.717) is 5.92 Å². The first-order valence-corrected chi connectivity index (χ1v) is 3.53. The molecule has 2 atom stereocenters. The molecule has 1 N–H and O–H groups in total. The van der Waals surface area contributed by atoms with E-state index in [-0.39, 0.29) is 6.10 Å². The topological polar surface area (TPSA) is 20.2 Å². The van der Waals surface area contributed by atoms with E-state index in [9.17, 15) is 0 Å². The molecule has 0 bridgehead atoms. The number of aliphatic hydroxyl groups excluding tert-OH is 1. The molecule has 0 aromatic heterocycles. The molecule has 0 spiro atoms. The molecule has 0 saturated heterocycles. The summed E-state index contributed by atoms with van der Waals surface area (Å²) in [5, 5.41) is 9.14. The summed E-state index contributed by atoms with van der Waals surface area (Å²) in [7, 11) is 0. The van der Waals surface area contributed by atoms with Crippen LogP contribution >= 0.6 is 0 Å². The van der Waals surface area contributed by atoms with Crippen molar-refractivity contribution in [2.24, 2.45) is 5.92 Å². The average molecular weight is 128 g/mol. The van der Waals surface area contributed by atoms with Gasteiger partial charge in [0, 0.05) is 0 Å². The van der Waals surface area contributed by atoms with E-state index in [1.165, 1.54) is 0 Å². The third kappa shape index (κ3) is 3.31. The first-order valence-electron chi connectivity index (χ1n) is 3.53. The van der Waals surface area contributed by atoms with Crippen LogP contribution in [0.3, 0.4) is 0 Å². The predicted octanol–water partition coefficient (Wildman–Crippen LogP) is 1.97. The van der Waals surface area contributed by atoms with Gasteiger partial charge in [-0.2, -0.15) is 0 Å². The van der Waals surface area contributed by atoms with Crippen LogP contribution in [0.5, 0.6) is 0 Å². The van der Waals surface area contributed by atoms with Crippen LogP contribution in [0.15, 0.2) is 12.7 Å². The summed E-state index contributed by atoms with van der Waals surface area (Å²) in [6.07, 6.45) is 3.49. The molecule has 9 heavy (non-hydrogen) atoms. The van der Waals surface area contributed by atoms with Gasteiger partial charge in [-0.25, -0.2) is 0 Å². The molecule has 0 heterocycles. The first kappa shape index (κ1) is 8.70. The minimum atomic E-state index is -0.315. The van der Waals surface area contributed by atoms with Crippen molar-refractivity contribution in [3.63, 3.8) is 0 Å². The zero-order valence-corrected chi connectivity index (χ0v) is 6.30. The maximum Gasteiger partial charge on any atom is 0.0743 e. The first-order chi connectivity index (χ1) is 4.22. The number of hydrogen-bond donors (Lipinski definition) is 1. The van der Waals surface area contributed by atoms with E-state index >= 15 is 0 Å². The van der Waals surface area contributed by atoms with E-state index in [1.54, 1.807) is 6.08 Å².